The van der Waals surface area contributed by atoms with Gasteiger partial charge in [0.15, 0.2) is 0 Å². The number of H-pyrrole nitrogens is 1. The zero-order chi connectivity index (χ0) is 9.10. The van der Waals surface area contributed by atoms with Crippen LogP contribution < -0.4 is 0 Å². The molecule has 1 aromatic heterocycles. The van der Waals surface area contributed by atoms with E-state index in [9.17, 15) is 0 Å². The van der Waals surface area contributed by atoms with Gasteiger partial charge in [0.2, 0.25) is 0 Å². The van der Waals surface area contributed by atoms with E-state index in [-0.39, 0.29) is 0 Å². The summed E-state index contributed by atoms with van der Waals surface area (Å²) in [4.78, 5) is 0. The topological polar surface area (TPSA) is 28.7 Å². The standard InChI is InChI=1S/C11H12N2/c1-2-9-4-3-5-10(8-9)11-6-7-12-13-11/h3-8H,2H2,1H3,(H,12,13). The maximum atomic E-state index is 4.14. The number of nitrogens with one attached hydrogen (secondary N) is 1. The molecule has 2 heteroatoms. The molecule has 0 spiro atoms. The fourth-order valence-electron chi connectivity index (χ4n) is 1.37. The minimum absolute atomic E-state index is 1.01. The Morgan fingerprint density at radius 2 is 2.23 bits per heavy atom. The van der Waals surface area contributed by atoms with Crippen molar-refractivity contribution in [1.82, 2.24) is 10.2 Å². The molecule has 1 aromatic carbocycles. The lowest BCUT2D eigenvalue weighted by Gasteiger charge is -1.99. The first-order chi connectivity index (χ1) is 6.40. The SMILES string of the molecule is CCc1cccc(-c2cc[nH]n2)c1. The molecular weight excluding hydrogens is 160 g/mol. The van der Waals surface area contributed by atoms with Crippen molar-refractivity contribution < 1.29 is 0 Å². The number of nitrogens with zero attached hydrogens (tertiary/aromatic N) is 1. The van der Waals surface area contributed by atoms with Crippen LogP contribution >= 0.6 is 0 Å². The van der Waals surface area contributed by atoms with Gasteiger partial charge in [0.05, 0.1) is 5.69 Å². The summed E-state index contributed by atoms with van der Waals surface area (Å²) in [6, 6.07) is 10.4. The molecule has 1 heterocycles. The summed E-state index contributed by atoms with van der Waals surface area (Å²) in [5.41, 5.74) is 3.54. The summed E-state index contributed by atoms with van der Waals surface area (Å²) in [7, 11) is 0. The maximum Gasteiger partial charge on any atom is 0.0920 e. The molecule has 0 fully saturated rings. The first-order valence-electron chi connectivity index (χ1n) is 4.49. The van der Waals surface area contributed by atoms with Crippen molar-refractivity contribution >= 4 is 0 Å². The molecule has 0 unspecified atom stereocenters. The number of aromatic amines is 1. The minimum Gasteiger partial charge on any atom is -0.285 e. The molecule has 2 aromatic rings. The zero-order valence-corrected chi connectivity index (χ0v) is 7.62. The summed E-state index contributed by atoms with van der Waals surface area (Å²) in [6.07, 6.45) is 2.91. The lowest BCUT2D eigenvalue weighted by atomic mass is 10.1. The molecule has 0 saturated heterocycles. The highest BCUT2D eigenvalue weighted by molar-refractivity contribution is 5.59. The number of aromatic nitrogens is 2. The van der Waals surface area contributed by atoms with Crippen LogP contribution in [0.1, 0.15) is 12.5 Å². The largest absolute Gasteiger partial charge is 0.285 e. The minimum atomic E-state index is 1.01. The number of aryl methyl sites for hydroxylation is 1. The molecule has 2 rings (SSSR count). The van der Waals surface area contributed by atoms with E-state index in [0.29, 0.717) is 0 Å². The molecule has 0 radical (unpaired) electrons. The van der Waals surface area contributed by atoms with Gasteiger partial charge in [-0.25, -0.2) is 0 Å². The van der Waals surface area contributed by atoms with Crippen molar-refractivity contribution in [1.29, 1.82) is 0 Å². The van der Waals surface area contributed by atoms with Crippen molar-refractivity contribution in [3.63, 3.8) is 0 Å². The molecule has 0 aliphatic rings. The Bertz CT molecular complexity index is 377. The fourth-order valence-corrected chi connectivity index (χ4v) is 1.37. The Morgan fingerprint density at radius 3 is 2.92 bits per heavy atom. The molecule has 13 heavy (non-hydrogen) atoms. The monoisotopic (exact) mass is 172 g/mol. The Morgan fingerprint density at radius 1 is 1.31 bits per heavy atom. The van der Waals surface area contributed by atoms with Crippen LogP contribution in [-0.4, -0.2) is 10.2 Å². The van der Waals surface area contributed by atoms with Gasteiger partial charge in [-0.3, -0.25) is 5.10 Å². The predicted molar refractivity (Wildman–Crippen MR) is 53.4 cm³/mol. The van der Waals surface area contributed by atoms with Crippen LogP contribution in [0.2, 0.25) is 0 Å². The number of rotatable bonds is 2. The molecule has 0 saturated carbocycles. The third-order valence-corrected chi connectivity index (χ3v) is 2.13. The zero-order valence-electron chi connectivity index (χ0n) is 7.62. The van der Waals surface area contributed by atoms with Crippen molar-refractivity contribution in [3.8, 4) is 11.3 Å². The highest BCUT2D eigenvalue weighted by atomic mass is 15.1. The van der Waals surface area contributed by atoms with E-state index in [2.05, 4.69) is 41.4 Å². The van der Waals surface area contributed by atoms with E-state index in [1.807, 2.05) is 12.3 Å². The van der Waals surface area contributed by atoms with Crippen LogP contribution in [-0.2, 0) is 6.42 Å². The van der Waals surface area contributed by atoms with Gasteiger partial charge >= 0.3 is 0 Å². The van der Waals surface area contributed by atoms with Gasteiger partial charge in [0.25, 0.3) is 0 Å². The first kappa shape index (κ1) is 8.05. The van der Waals surface area contributed by atoms with Gasteiger partial charge in [0, 0.05) is 11.8 Å². The average molecular weight is 172 g/mol. The fraction of sp³-hybridized carbons (Fsp3) is 0.182. The summed E-state index contributed by atoms with van der Waals surface area (Å²) < 4.78 is 0. The first-order valence-corrected chi connectivity index (χ1v) is 4.49. The Balaban J connectivity index is 2.41. The molecule has 2 nitrogen and oxygen atoms in total. The second-order valence-electron chi connectivity index (χ2n) is 3.01. The van der Waals surface area contributed by atoms with E-state index < -0.39 is 0 Å². The molecule has 0 aliphatic carbocycles. The van der Waals surface area contributed by atoms with E-state index in [0.717, 1.165) is 12.1 Å². The van der Waals surface area contributed by atoms with Crippen LogP contribution in [0.25, 0.3) is 11.3 Å². The van der Waals surface area contributed by atoms with Crippen molar-refractivity contribution in [2.45, 2.75) is 13.3 Å². The smallest absolute Gasteiger partial charge is 0.0920 e. The van der Waals surface area contributed by atoms with Crippen molar-refractivity contribution in [2.75, 3.05) is 0 Å². The van der Waals surface area contributed by atoms with Gasteiger partial charge in [-0.2, -0.15) is 5.10 Å². The van der Waals surface area contributed by atoms with Crippen LogP contribution in [0.5, 0.6) is 0 Å². The molecule has 0 bridgehead atoms. The summed E-state index contributed by atoms with van der Waals surface area (Å²) in [6.45, 7) is 2.16. The van der Waals surface area contributed by atoms with Gasteiger partial charge in [0.1, 0.15) is 0 Å². The molecule has 0 atom stereocenters. The third-order valence-electron chi connectivity index (χ3n) is 2.13. The number of hydrogen-bond acceptors (Lipinski definition) is 1. The number of benzene rings is 1. The lowest BCUT2D eigenvalue weighted by Crippen LogP contribution is -1.82. The van der Waals surface area contributed by atoms with Crippen LogP contribution in [0.3, 0.4) is 0 Å². The summed E-state index contributed by atoms with van der Waals surface area (Å²) in [5, 5.41) is 6.95. The lowest BCUT2D eigenvalue weighted by molar-refractivity contribution is 1.09. The Kier molecular flexibility index (Phi) is 2.13. The second-order valence-corrected chi connectivity index (χ2v) is 3.01. The average Bonchev–Trinajstić information content (AvgIpc) is 2.71. The summed E-state index contributed by atoms with van der Waals surface area (Å²) in [5.74, 6) is 0. The molecule has 0 aliphatic heterocycles. The van der Waals surface area contributed by atoms with E-state index in [1.165, 1.54) is 11.1 Å². The molecular formula is C11H12N2. The molecule has 0 amide bonds. The third kappa shape index (κ3) is 1.61. The van der Waals surface area contributed by atoms with E-state index in [4.69, 9.17) is 0 Å². The van der Waals surface area contributed by atoms with Gasteiger partial charge in [-0.05, 0) is 24.1 Å². The van der Waals surface area contributed by atoms with Crippen LogP contribution in [0.15, 0.2) is 36.5 Å². The van der Waals surface area contributed by atoms with Crippen molar-refractivity contribution in [3.05, 3.63) is 42.1 Å². The number of hydrogen-bond donors (Lipinski definition) is 1. The summed E-state index contributed by atoms with van der Waals surface area (Å²) >= 11 is 0. The predicted octanol–water partition coefficient (Wildman–Crippen LogP) is 2.64. The Hall–Kier alpha value is -1.57. The highest BCUT2D eigenvalue weighted by Crippen LogP contribution is 2.17. The molecule has 1 N–H and O–H groups in total. The van der Waals surface area contributed by atoms with E-state index in [1.54, 1.807) is 0 Å². The molecule has 66 valence electrons. The van der Waals surface area contributed by atoms with Crippen LogP contribution in [0.4, 0.5) is 0 Å². The quantitative estimate of drug-likeness (QED) is 0.741. The van der Waals surface area contributed by atoms with Gasteiger partial charge < -0.3 is 0 Å². The van der Waals surface area contributed by atoms with Crippen molar-refractivity contribution in [2.24, 2.45) is 0 Å². The van der Waals surface area contributed by atoms with Crippen LogP contribution in [0, 0.1) is 0 Å². The van der Waals surface area contributed by atoms with Gasteiger partial charge in [-0.1, -0.05) is 25.1 Å². The Labute approximate surface area is 77.6 Å². The van der Waals surface area contributed by atoms with E-state index >= 15 is 0 Å². The second kappa shape index (κ2) is 3.44. The normalized spacial score (nSPS) is 10.2. The highest BCUT2D eigenvalue weighted by Gasteiger charge is 1.98. The maximum absolute atomic E-state index is 4.14. The van der Waals surface area contributed by atoms with Gasteiger partial charge in [-0.15, -0.1) is 0 Å².